The van der Waals surface area contributed by atoms with Crippen LogP contribution in [0.15, 0.2) is 24.3 Å². The second kappa shape index (κ2) is 9.50. The van der Waals surface area contributed by atoms with Crippen molar-refractivity contribution in [3.63, 3.8) is 0 Å². The zero-order valence-corrected chi connectivity index (χ0v) is 13.1. The molecule has 0 aliphatic heterocycles. The minimum Gasteiger partial charge on any atom is -0.330 e. The fourth-order valence-corrected chi connectivity index (χ4v) is 2.41. The molecule has 1 aromatic rings. The lowest BCUT2D eigenvalue weighted by atomic mass is 9.97. The first kappa shape index (κ1) is 17.6. The number of carbonyl (C=O) groups excluding carboxylic acids is 1. The number of halogens is 1. The van der Waals surface area contributed by atoms with Crippen LogP contribution in [0.25, 0.3) is 0 Å². The summed E-state index contributed by atoms with van der Waals surface area (Å²) in [6.07, 6.45) is 4.63. The average molecular weight is 294 g/mol. The Balaban J connectivity index is 2.89. The van der Waals surface area contributed by atoms with Gasteiger partial charge in [0.05, 0.1) is 0 Å². The quantitative estimate of drug-likeness (QED) is 0.754. The minimum atomic E-state index is -0.289. The van der Waals surface area contributed by atoms with Crippen molar-refractivity contribution in [2.45, 2.75) is 46.0 Å². The van der Waals surface area contributed by atoms with Gasteiger partial charge in [-0.25, -0.2) is 4.39 Å². The Hall–Kier alpha value is -1.42. The van der Waals surface area contributed by atoms with Crippen molar-refractivity contribution in [3.05, 3.63) is 30.1 Å². The molecule has 0 aliphatic carbocycles. The van der Waals surface area contributed by atoms with Crippen LogP contribution in [0.5, 0.6) is 0 Å². The van der Waals surface area contributed by atoms with Crippen LogP contribution < -0.4 is 10.6 Å². The van der Waals surface area contributed by atoms with E-state index < -0.39 is 0 Å². The molecule has 0 aromatic heterocycles. The maximum atomic E-state index is 13.1. The molecule has 0 saturated carbocycles. The summed E-state index contributed by atoms with van der Waals surface area (Å²) in [6, 6.07) is 6.11. The molecular weight excluding hydrogens is 267 g/mol. The largest absolute Gasteiger partial charge is 0.330 e. The van der Waals surface area contributed by atoms with Gasteiger partial charge in [0.15, 0.2) is 0 Å². The number of carbonyl (C=O) groups is 1. The number of amides is 1. The Morgan fingerprint density at radius 3 is 2.43 bits per heavy atom. The van der Waals surface area contributed by atoms with Crippen LogP contribution in [-0.2, 0) is 4.79 Å². The van der Waals surface area contributed by atoms with Crippen LogP contribution >= 0.6 is 0 Å². The third-order valence-corrected chi connectivity index (χ3v) is 3.74. The molecule has 1 atom stereocenters. The van der Waals surface area contributed by atoms with Crippen molar-refractivity contribution >= 4 is 11.6 Å². The summed E-state index contributed by atoms with van der Waals surface area (Å²) in [5.74, 6) is -0.123. The molecule has 21 heavy (non-hydrogen) atoms. The molecule has 0 heterocycles. The normalized spacial score (nSPS) is 12.2. The van der Waals surface area contributed by atoms with Gasteiger partial charge in [-0.15, -0.1) is 0 Å². The van der Waals surface area contributed by atoms with Gasteiger partial charge in [-0.1, -0.05) is 26.7 Å². The molecular formula is C17H27FN2O. The highest BCUT2D eigenvalue weighted by Gasteiger charge is 2.23. The van der Waals surface area contributed by atoms with Crippen molar-refractivity contribution in [2.24, 2.45) is 11.7 Å². The van der Waals surface area contributed by atoms with Gasteiger partial charge in [0.1, 0.15) is 5.82 Å². The van der Waals surface area contributed by atoms with Gasteiger partial charge >= 0.3 is 0 Å². The summed E-state index contributed by atoms with van der Waals surface area (Å²) in [6.45, 7) is 5.30. The smallest absolute Gasteiger partial charge is 0.230 e. The molecule has 0 fully saturated rings. The maximum Gasteiger partial charge on any atom is 0.230 e. The molecule has 4 heteroatoms. The van der Waals surface area contributed by atoms with Crippen LogP contribution in [0.4, 0.5) is 10.1 Å². The number of unbranched alkanes of at least 4 members (excludes halogenated alkanes) is 1. The number of hydrogen-bond acceptors (Lipinski definition) is 2. The number of anilines is 1. The van der Waals surface area contributed by atoms with Gasteiger partial charge in [-0.05, 0) is 50.1 Å². The van der Waals surface area contributed by atoms with Crippen LogP contribution in [0.3, 0.4) is 0 Å². The van der Waals surface area contributed by atoms with Crippen molar-refractivity contribution in [1.82, 2.24) is 0 Å². The average Bonchev–Trinajstić information content (AvgIpc) is 2.50. The lowest BCUT2D eigenvalue weighted by Crippen LogP contribution is -2.37. The summed E-state index contributed by atoms with van der Waals surface area (Å²) in [5, 5.41) is 0. The molecule has 1 amide bonds. The molecule has 0 saturated heterocycles. The molecule has 0 radical (unpaired) electrons. The van der Waals surface area contributed by atoms with E-state index >= 15 is 0 Å². The topological polar surface area (TPSA) is 46.3 Å². The first-order chi connectivity index (χ1) is 10.1. The summed E-state index contributed by atoms with van der Waals surface area (Å²) >= 11 is 0. The Kier molecular flexibility index (Phi) is 7.98. The summed E-state index contributed by atoms with van der Waals surface area (Å²) in [7, 11) is 0. The second-order valence-electron chi connectivity index (χ2n) is 5.36. The maximum absolute atomic E-state index is 13.1. The molecule has 2 N–H and O–H groups in total. The third-order valence-electron chi connectivity index (χ3n) is 3.74. The number of hydrogen-bond donors (Lipinski definition) is 1. The number of benzene rings is 1. The van der Waals surface area contributed by atoms with Gasteiger partial charge in [0.25, 0.3) is 0 Å². The Bertz CT molecular complexity index is 419. The van der Waals surface area contributed by atoms with E-state index in [1.165, 1.54) is 12.1 Å². The third kappa shape index (κ3) is 5.46. The van der Waals surface area contributed by atoms with Gasteiger partial charge in [0.2, 0.25) is 5.91 Å². The first-order valence-electron chi connectivity index (χ1n) is 7.91. The van der Waals surface area contributed by atoms with E-state index in [1.807, 2.05) is 6.92 Å². The summed E-state index contributed by atoms with van der Waals surface area (Å²) in [4.78, 5) is 14.5. The molecule has 3 nitrogen and oxygen atoms in total. The van der Waals surface area contributed by atoms with E-state index in [2.05, 4.69) is 6.92 Å². The highest BCUT2D eigenvalue weighted by atomic mass is 19.1. The Morgan fingerprint density at radius 1 is 1.24 bits per heavy atom. The van der Waals surface area contributed by atoms with E-state index in [4.69, 9.17) is 5.73 Å². The zero-order valence-electron chi connectivity index (χ0n) is 13.1. The van der Waals surface area contributed by atoms with Crippen molar-refractivity contribution in [2.75, 3.05) is 18.0 Å². The van der Waals surface area contributed by atoms with Gasteiger partial charge < -0.3 is 10.6 Å². The van der Waals surface area contributed by atoms with Crippen molar-refractivity contribution in [1.29, 1.82) is 0 Å². The number of nitrogens with two attached hydrogens (primary N) is 1. The summed E-state index contributed by atoms with van der Waals surface area (Å²) in [5.41, 5.74) is 6.32. The van der Waals surface area contributed by atoms with E-state index in [0.717, 1.165) is 37.8 Å². The fraction of sp³-hybridized carbons (Fsp3) is 0.588. The standard InChI is InChI=1S/C17H27FN2O/c1-3-5-7-14(4-2)17(21)20(13-6-12-19)16-10-8-15(18)9-11-16/h8-11,14H,3-7,12-13,19H2,1-2H3. The fourth-order valence-electron chi connectivity index (χ4n) is 2.41. The number of nitrogens with zero attached hydrogens (tertiary/aromatic N) is 1. The van der Waals surface area contributed by atoms with Gasteiger partial charge in [-0.2, -0.15) is 0 Å². The minimum absolute atomic E-state index is 0.0350. The first-order valence-corrected chi connectivity index (χ1v) is 7.91. The van der Waals surface area contributed by atoms with E-state index in [1.54, 1.807) is 17.0 Å². The molecule has 1 rings (SSSR count). The molecule has 0 bridgehead atoms. The van der Waals surface area contributed by atoms with E-state index in [9.17, 15) is 9.18 Å². The highest BCUT2D eigenvalue weighted by molar-refractivity contribution is 5.95. The lowest BCUT2D eigenvalue weighted by molar-refractivity contribution is -0.122. The summed E-state index contributed by atoms with van der Waals surface area (Å²) < 4.78 is 13.1. The van der Waals surface area contributed by atoms with Gasteiger partial charge in [-0.3, -0.25) is 4.79 Å². The van der Waals surface area contributed by atoms with Crippen LogP contribution in [0, 0.1) is 11.7 Å². The molecule has 118 valence electrons. The van der Waals surface area contributed by atoms with Crippen LogP contribution in [0.2, 0.25) is 0 Å². The Morgan fingerprint density at radius 2 is 1.90 bits per heavy atom. The molecule has 1 aromatic carbocycles. The number of rotatable bonds is 9. The Labute approximate surface area is 127 Å². The van der Waals surface area contributed by atoms with Crippen LogP contribution in [-0.4, -0.2) is 19.0 Å². The monoisotopic (exact) mass is 294 g/mol. The lowest BCUT2D eigenvalue weighted by Gasteiger charge is -2.27. The van der Waals surface area contributed by atoms with Crippen molar-refractivity contribution < 1.29 is 9.18 Å². The van der Waals surface area contributed by atoms with E-state index in [-0.39, 0.29) is 17.6 Å². The molecule has 1 unspecified atom stereocenters. The zero-order chi connectivity index (χ0) is 15.7. The SMILES string of the molecule is CCCCC(CC)C(=O)N(CCCN)c1ccc(F)cc1. The molecule has 0 aliphatic rings. The molecule has 0 spiro atoms. The predicted molar refractivity (Wildman–Crippen MR) is 85.7 cm³/mol. The van der Waals surface area contributed by atoms with Crippen molar-refractivity contribution in [3.8, 4) is 0 Å². The van der Waals surface area contributed by atoms with E-state index in [0.29, 0.717) is 13.1 Å². The van der Waals surface area contributed by atoms with Crippen LogP contribution in [0.1, 0.15) is 46.0 Å². The predicted octanol–water partition coefficient (Wildman–Crippen LogP) is 3.72. The highest BCUT2D eigenvalue weighted by Crippen LogP contribution is 2.22. The van der Waals surface area contributed by atoms with Gasteiger partial charge in [0, 0.05) is 18.2 Å². The second-order valence-corrected chi connectivity index (χ2v) is 5.36.